The fourth-order valence-electron chi connectivity index (χ4n) is 3.07. The highest BCUT2D eigenvalue weighted by Gasteiger charge is 2.28. The third kappa shape index (κ3) is 6.14. The summed E-state index contributed by atoms with van der Waals surface area (Å²) >= 11 is 0. The molecule has 6 N–H and O–H groups in total. The quantitative estimate of drug-likeness (QED) is 0.323. The first kappa shape index (κ1) is 23.4. The van der Waals surface area contributed by atoms with Crippen LogP contribution in [0.1, 0.15) is 25.3 Å². The molecule has 2 unspecified atom stereocenters. The summed E-state index contributed by atoms with van der Waals surface area (Å²) in [4.78, 5) is 39.1. The number of nitrogens with zero attached hydrogens (tertiary/aromatic N) is 2. The third-order valence-corrected chi connectivity index (χ3v) is 4.74. The summed E-state index contributed by atoms with van der Waals surface area (Å²) in [6.45, 7) is 1.22. The number of hydrogen-bond donors (Lipinski definition) is 5. The lowest BCUT2D eigenvalue weighted by atomic mass is 10.0. The van der Waals surface area contributed by atoms with Gasteiger partial charge in [-0.3, -0.25) is 4.79 Å². The number of aromatic nitrogens is 2. The summed E-state index contributed by atoms with van der Waals surface area (Å²) in [5.74, 6) is -2.04. The molecule has 3 rings (SSSR count). The van der Waals surface area contributed by atoms with Crippen LogP contribution < -0.4 is 16.4 Å². The van der Waals surface area contributed by atoms with Crippen LogP contribution >= 0.6 is 0 Å². The predicted molar refractivity (Wildman–Crippen MR) is 116 cm³/mol. The SMILES string of the molecule is CC(O)C(NC(=O)N[C@@H](CC(N)=O)c1nc(-c2ccc(-c3ccccc3)cc2)no1)C(=O)O. The van der Waals surface area contributed by atoms with Crippen molar-refractivity contribution in [1.82, 2.24) is 20.8 Å². The molecule has 11 nitrogen and oxygen atoms in total. The maximum Gasteiger partial charge on any atom is 0.328 e. The van der Waals surface area contributed by atoms with Gasteiger partial charge in [-0.25, -0.2) is 9.59 Å². The number of nitrogens with one attached hydrogen (secondary N) is 2. The fraction of sp³-hybridized carbons (Fsp3) is 0.227. The van der Waals surface area contributed by atoms with E-state index < -0.39 is 36.1 Å². The number of amides is 3. The molecule has 3 amide bonds. The van der Waals surface area contributed by atoms with E-state index >= 15 is 0 Å². The average Bonchev–Trinajstić information content (AvgIpc) is 3.27. The van der Waals surface area contributed by atoms with Crippen molar-refractivity contribution in [2.45, 2.75) is 31.5 Å². The van der Waals surface area contributed by atoms with E-state index in [2.05, 4.69) is 20.8 Å². The Bertz CT molecular complexity index is 1110. The summed E-state index contributed by atoms with van der Waals surface area (Å²) in [6.07, 6.45) is -1.72. The summed E-state index contributed by atoms with van der Waals surface area (Å²) in [5, 5.41) is 27.0. The molecular weight excluding hydrogens is 430 g/mol. The van der Waals surface area contributed by atoms with E-state index in [1.54, 1.807) is 12.1 Å². The maximum absolute atomic E-state index is 12.2. The molecule has 1 heterocycles. The number of nitrogens with two attached hydrogens (primary N) is 1. The number of aliphatic hydroxyl groups is 1. The molecular formula is C22H23N5O6. The third-order valence-electron chi connectivity index (χ3n) is 4.74. The normalized spacial score (nSPS) is 13.5. The number of rotatable bonds is 9. The van der Waals surface area contributed by atoms with Crippen LogP contribution in [0.15, 0.2) is 59.1 Å². The molecule has 0 aliphatic heterocycles. The summed E-state index contributed by atoms with van der Waals surface area (Å²) in [6, 6.07) is 13.6. The highest BCUT2D eigenvalue weighted by atomic mass is 16.5. The molecule has 0 spiro atoms. The zero-order valence-corrected chi connectivity index (χ0v) is 17.6. The largest absolute Gasteiger partial charge is 0.480 e. The first-order valence-electron chi connectivity index (χ1n) is 10.00. The molecule has 3 aromatic rings. The standard InChI is InChI=1S/C22H23N5O6/c1-12(28)18(21(30)31)25-22(32)24-16(11-17(23)29)20-26-19(27-33-20)15-9-7-14(8-10-15)13-5-3-2-4-6-13/h2-10,12,16,18,28H,11H2,1H3,(H2,23,29)(H,30,31)(H2,24,25,32)/t12?,16-,18?/m0/s1. The first-order valence-corrected chi connectivity index (χ1v) is 10.00. The van der Waals surface area contributed by atoms with Crippen LogP contribution in [0.2, 0.25) is 0 Å². The van der Waals surface area contributed by atoms with Crippen LogP contribution in [0.3, 0.4) is 0 Å². The average molecular weight is 453 g/mol. The second kappa shape index (κ2) is 10.4. The Morgan fingerprint density at radius 1 is 1.00 bits per heavy atom. The number of hydrogen-bond acceptors (Lipinski definition) is 7. The van der Waals surface area contributed by atoms with E-state index in [1.165, 1.54) is 6.92 Å². The number of carbonyl (C=O) groups is 3. The van der Waals surface area contributed by atoms with Crippen LogP contribution in [0.25, 0.3) is 22.5 Å². The number of carboxylic acids is 1. The molecule has 172 valence electrons. The number of aliphatic hydroxyl groups excluding tert-OH is 1. The van der Waals surface area contributed by atoms with Gasteiger partial charge in [0.25, 0.3) is 0 Å². The number of carboxylic acid groups (broad SMARTS) is 1. The van der Waals surface area contributed by atoms with Gasteiger partial charge in [0.05, 0.1) is 12.5 Å². The van der Waals surface area contributed by atoms with E-state index in [0.29, 0.717) is 5.56 Å². The molecule has 0 saturated carbocycles. The van der Waals surface area contributed by atoms with Gasteiger partial charge in [0, 0.05) is 5.56 Å². The minimum absolute atomic E-state index is 0.0880. The van der Waals surface area contributed by atoms with Crippen molar-refractivity contribution in [3.8, 4) is 22.5 Å². The van der Waals surface area contributed by atoms with Crippen molar-refractivity contribution < 1.29 is 29.1 Å². The van der Waals surface area contributed by atoms with Crippen molar-refractivity contribution in [2.24, 2.45) is 5.73 Å². The van der Waals surface area contributed by atoms with Gasteiger partial charge in [-0.1, -0.05) is 59.8 Å². The molecule has 3 atom stereocenters. The smallest absolute Gasteiger partial charge is 0.328 e. The summed E-state index contributed by atoms with van der Waals surface area (Å²) < 4.78 is 5.22. The van der Waals surface area contributed by atoms with Crippen LogP contribution in [-0.2, 0) is 9.59 Å². The van der Waals surface area contributed by atoms with E-state index in [1.807, 2.05) is 42.5 Å². The van der Waals surface area contributed by atoms with Crippen molar-refractivity contribution in [3.05, 3.63) is 60.5 Å². The molecule has 2 aromatic carbocycles. The minimum Gasteiger partial charge on any atom is -0.480 e. The monoisotopic (exact) mass is 453 g/mol. The molecule has 0 saturated heterocycles. The lowest BCUT2D eigenvalue weighted by Gasteiger charge is -2.19. The molecule has 0 aliphatic rings. The number of aliphatic carboxylic acids is 1. The molecule has 33 heavy (non-hydrogen) atoms. The van der Waals surface area contributed by atoms with Gasteiger partial charge in [-0.2, -0.15) is 4.98 Å². The maximum atomic E-state index is 12.2. The van der Waals surface area contributed by atoms with E-state index in [-0.39, 0.29) is 18.1 Å². The Labute approximate surface area is 188 Å². The van der Waals surface area contributed by atoms with Crippen LogP contribution in [0, 0.1) is 0 Å². The summed E-state index contributed by atoms with van der Waals surface area (Å²) in [5.41, 5.74) is 7.95. The van der Waals surface area contributed by atoms with Crippen LogP contribution in [-0.4, -0.2) is 50.4 Å². The predicted octanol–water partition coefficient (Wildman–Crippen LogP) is 1.45. The van der Waals surface area contributed by atoms with Crippen molar-refractivity contribution in [2.75, 3.05) is 0 Å². The van der Waals surface area contributed by atoms with Gasteiger partial charge in [0.1, 0.15) is 6.04 Å². The second-order valence-corrected chi connectivity index (χ2v) is 7.30. The minimum atomic E-state index is -1.55. The highest BCUT2D eigenvalue weighted by molar-refractivity contribution is 5.83. The van der Waals surface area contributed by atoms with Gasteiger partial charge in [-0.05, 0) is 18.1 Å². The fourth-order valence-corrected chi connectivity index (χ4v) is 3.07. The summed E-state index contributed by atoms with van der Waals surface area (Å²) in [7, 11) is 0. The lowest BCUT2D eigenvalue weighted by Crippen LogP contribution is -2.52. The lowest BCUT2D eigenvalue weighted by molar-refractivity contribution is -0.141. The molecule has 0 bridgehead atoms. The number of benzene rings is 2. The Morgan fingerprint density at radius 3 is 2.18 bits per heavy atom. The van der Waals surface area contributed by atoms with Crippen LogP contribution in [0.5, 0.6) is 0 Å². The van der Waals surface area contributed by atoms with Gasteiger partial charge in [0.15, 0.2) is 6.04 Å². The van der Waals surface area contributed by atoms with Gasteiger partial charge in [-0.15, -0.1) is 0 Å². The van der Waals surface area contributed by atoms with Gasteiger partial charge < -0.3 is 31.1 Å². The molecule has 11 heteroatoms. The number of urea groups is 1. The topological polar surface area (TPSA) is 181 Å². The Balaban J connectivity index is 1.76. The molecule has 0 fully saturated rings. The van der Waals surface area contributed by atoms with Gasteiger partial charge >= 0.3 is 12.0 Å². The second-order valence-electron chi connectivity index (χ2n) is 7.30. The zero-order valence-electron chi connectivity index (χ0n) is 17.6. The molecule has 0 aliphatic carbocycles. The Kier molecular flexibility index (Phi) is 7.36. The van der Waals surface area contributed by atoms with Crippen molar-refractivity contribution >= 4 is 17.9 Å². The van der Waals surface area contributed by atoms with E-state index in [9.17, 15) is 19.5 Å². The van der Waals surface area contributed by atoms with Gasteiger partial charge in [0.2, 0.25) is 17.6 Å². The molecule has 0 radical (unpaired) electrons. The number of primary amides is 1. The zero-order chi connectivity index (χ0) is 24.0. The van der Waals surface area contributed by atoms with Crippen LogP contribution in [0.4, 0.5) is 4.79 Å². The van der Waals surface area contributed by atoms with E-state index in [4.69, 9.17) is 15.4 Å². The van der Waals surface area contributed by atoms with Crippen molar-refractivity contribution in [1.29, 1.82) is 0 Å². The van der Waals surface area contributed by atoms with Crippen molar-refractivity contribution in [3.63, 3.8) is 0 Å². The Morgan fingerprint density at radius 2 is 1.61 bits per heavy atom. The number of carbonyl (C=O) groups excluding carboxylic acids is 2. The molecule has 1 aromatic heterocycles. The first-order chi connectivity index (χ1) is 15.7. The highest BCUT2D eigenvalue weighted by Crippen LogP contribution is 2.24. The van der Waals surface area contributed by atoms with E-state index in [0.717, 1.165) is 11.1 Å². The Hall–Kier alpha value is -4.25.